The van der Waals surface area contributed by atoms with Gasteiger partial charge in [0.05, 0.1) is 42.7 Å². The van der Waals surface area contributed by atoms with Crippen LogP contribution in [-0.2, 0) is 24.4 Å². The Morgan fingerprint density at radius 1 is 1.28 bits per heavy atom. The first-order chi connectivity index (χ1) is 15.4. The first kappa shape index (κ1) is 23.7. The van der Waals surface area contributed by atoms with Gasteiger partial charge in [-0.25, -0.2) is 12.9 Å². The number of fused-ring (bicyclic) bond motifs is 1. The zero-order chi connectivity index (χ0) is 23.1. The van der Waals surface area contributed by atoms with Gasteiger partial charge in [0, 0.05) is 36.7 Å². The number of carbonyl (C=O) groups is 1. The van der Waals surface area contributed by atoms with E-state index >= 15 is 0 Å². The lowest BCUT2D eigenvalue weighted by molar-refractivity contribution is -0.132. The number of benzene rings is 1. The van der Waals surface area contributed by atoms with Gasteiger partial charge >= 0.3 is 0 Å². The molecule has 1 aliphatic heterocycles. The molecule has 0 bridgehead atoms. The van der Waals surface area contributed by atoms with E-state index in [0.717, 1.165) is 21.9 Å². The van der Waals surface area contributed by atoms with Crippen LogP contribution in [0.5, 0.6) is 5.75 Å². The third kappa shape index (κ3) is 6.07. The van der Waals surface area contributed by atoms with Gasteiger partial charge < -0.3 is 14.7 Å². The summed E-state index contributed by atoms with van der Waals surface area (Å²) in [5, 5.41) is 17.2. The molecule has 0 saturated heterocycles. The van der Waals surface area contributed by atoms with Crippen LogP contribution in [0.3, 0.4) is 0 Å². The van der Waals surface area contributed by atoms with Crippen molar-refractivity contribution in [3.05, 3.63) is 59.7 Å². The number of alkyl halides is 2. The highest BCUT2D eigenvalue weighted by Crippen LogP contribution is 2.28. The molecule has 11 heteroatoms. The fraction of sp³-hybridized carbons (Fsp3) is 0.381. The van der Waals surface area contributed by atoms with Crippen LogP contribution in [0.15, 0.2) is 47.6 Å². The second kappa shape index (κ2) is 11.1. The van der Waals surface area contributed by atoms with Crippen LogP contribution in [0.2, 0.25) is 0 Å². The van der Waals surface area contributed by atoms with E-state index in [2.05, 4.69) is 10.2 Å². The lowest BCUT2D eigenvalue weighted by atomic mass is 10.3. The summed E-state index contributed by atoms with van der Waals surface area (Å²) in [6.07, 6.45) is 1.04. The average Bonchev–Trinajstić information content (AvgIpc) is 3.44. The van der Waals surface area contributed by atoms with Crippen LogP contribution in [0.1, 0.15) is 23.4 Å². The molecule has 1 N–H and O–H groups in total. The molecule has 0 unspecified atom stereocenters. The second-order valence-electron chi connectivity index (χ2n) is 7.00. The number of hydrogen-bond donors (Lipinski definition) is 1. The normalized spacial score (nSPS) is 12.5. The molecule has 1 aliphatic rings. The van der Waals surface area contributed by atoms with E-state index in [1.54, 1.807) is 29.2 Å². The SMILES string of the molecule is COc1ccccc1.Cc1c(Sn2cc3c(n2)CN(C(=O)CCO)C3)cnn1CC(F)F. The first-order valence-electron chi connectivity index (χ1n) is 9.95. The van der Waals surface area contributed by atoms with Crippen molar-refractivity contribution >= 4 is 17.9 Å². The molecule has 2 aromatic heterocycles. The highest BCUT2D eigenvalue weighted by molar-refractivity contribution is 7.97. The number of para-hydroxylation sites is 1. The van der Waals surface area contributed by atoms with Crippen LogP contribution < -0.4 is 4.74 Å². The van der Waals surface area contributed by atoms with Gasteiger partial charge in [0.2, 0.25) is 5.91 Å². The van der Waals surface area contributed by atoms with Crippen molar-refractivity contribution in [1.29, 1.82) is 0 Å². The molecule has 3 heterocycles. The Labute approximate surface area is 188 Å². The molecule has 1 aromatic carbocycles. The number of aliphatic hydroxyl groups excluding tert-OH is 1. The van der Waals surface area contributed by atoms with Gasteiger partial charge in [0.1, 0.15) is 12.3 Å². The van der Waals surface area contributed by atoms with Gasteiger partial charge in [0.25, 0.3) is 6.43 Å². The predicted octanol–water partition coefficient (Wildman–Crippen LogP) is 3.13. The molecule has 0 radical (unpaired) electrons. The molecule has 0 fully saturated rings. The summed E-state index contributed by atoms with van der Waals surface area (Å²) in [5.74, 6) is 0.811. The standard InChI is InChI=1S/C14H17F2N5O2S.C7H8O/c1-9-12(4-17-20(9)8-13(15)16)24-21-6-10-5-19(7-11(10)18-21)14(23)2-3-22;1-8-7-5-3-2-4-6-7/h4,6,13,22H,2-3,5,7-8H2,1H3;2-6H,1H3. The molecule has 0 aliphatic carbocycles. The smallest absolute Gasteiger partial charge is 0.257 e. The second-order valence-corrected chi connectivity index (χ2v) is 8.00. The molecule has 0 spiro atoms. The lowest BCUT2D eigenvalue weighted by Gasteiger charge is -2.14. The molecule has 1 amide bonds. The minimum absolute atomic E-state index is 0.0983. The molecule has 8 nitrogen and oxygen atoms in total. The van der Waals surface area contributed by atoms with E-state index < -0.39 is 13.0 Å². The quantitative estimate of drug-likeness (QED) is 0.577. The Balaban J connectivity index is 0.000000305. The van der Waals surface area contributed by atoms with E-state index in [4.69, 9.17) is 9.84 Å². The minimum Gasteiger partial charge on any atom is -0.497 e. The molecular formula is C21H25F2N5O3S. The number of aliphatic hydroxyl groups is 1. The highest BCUT2D eigenvalue weighted by atomic mass is 32.2. The van der Waals surface area contributed by atoms with Gasteiger partial charge in [0.15, 0.2) is 0 Å². The minimum atomic E-state index is -2.45. The van der Waals surface area contributed by atoms with Crippen molar-refractivity contribution < 1.29 is 23.4 Å². The summed E-state index contributed by atoms with van der Waals surface area (Å²) < 4.78 is 32.8. The molecule has 4 rings (SSSR count). The van der Waals surface area contributed by atoms with Gasteiger partial charge in [-0.2, -0.15) is 10.2 Å². The monoisotopic (exact) mass is 465 g/mol. The maximum atomic E-state index is 12.5. The van der Waals surface area contributed by atoms with Crippen LogP contribution in [0, 0.1) is 6.92 Å². The van der Waals surface area contributed by atoms with Crippen LogP contribution in [-0.4, -0.2) is 55.0 Å². The van der Waals surface area contributed by atoms with Crippen LogP contribution >= 0.6 is 11.9 Å². The number of nitrogens with zero attached hydrogens (tertiary/aromatic N) is 5. The van der Waals surface area contributed by atoms with E-state index in [0.29, 0.717) is 18.8 Å². The average molecular weight is 466 g/mol. The summed E-state index contributed by atoms with van der Waals surface area (Å²) in [7, 11) is 1.66. The molecule has 0 atom stereocenters. The number of aromatic nitrogens is 4. The maximum Gasteiger partial charge on any atom is 0.257 e. The first-order valence-corrected chi connectivity index (χ1v) is 10.7. The van der Waals surface area contributed by atoms with Crippen LogP contribution in [0.4, 0.5) is 8.78 Å². The molecule has 3 aromatic rings. The Morgan fingerprint density at radius 3 is 2.62 bits per heavy atom. The van der Waals surface area contributed by atoms with Crippen molar-refractivity contribution in [2.75, 3.05) is 13.7 Å². The fourth-order valence-corrected chi connectivity index (χ4v) is 3.95. The molecule has 0 saturated carbocycles. The Kier molecular flexibility index (Phi) is 8.23. The van der Waals surface area contributed by atoms with Crippen molar-refractivity contribution in [1.82, 2.24) is 23.9 Å². The summed E-state index contributed by atoms with van der Waals surface area (Å²) >= 11 is 1.30. The summed E-state index contributed by atoms with van der Waals surface area (Å²) in [5.41, 5.74) is 2.42. The number of hydrogen-bond acceptors (Lipinski definition) is 6. The van der Waals surface area contributed by atoms with E-state index in [9.17, 15) is 13.6 Å². The van der Waals surface area contributed by atoms with E-state index in [1.165, 1.54) is 16.6 Å². The molecular weight excluding hydrogens is 440 g/mol. The molecule has 32 heavy (non-hydrogen) atoms. The summed E-state index contributed by atoms with van der Waals surface area (Å²) in [4.78, 5) is 14.2. The van der Waals surface area contributed by atoms with Crippen molar-refractivity contribution in [2.45, 2.75) is 44.3 Å². The van der Waals surface area contributed by atoms with Crippen LogP contribution in [0.25, 0.3) is 0 Å². The fourth-order valence-electron chi connectivity index (χ4n) is 3.10. The zero-order valence-electron chi connectivity index (χ0n) is 17.8. The van der Waals surface area contributed by atoms with Crippen molar-refractivity contribution in [3.63, 3.8) is 0 Å². The summed E-state index contributed by atoms with van der Waals surface area (Å²) in [6.45, 7) is 2.04. The van der Waals surface area contributed by atoms with Crippen molar-refractivity contribution in [3.8, 4) is 5.75 Å². The third-order valence-electron chi connectivity index (χ3n) is 4.78. The Morgan fingerprint density at radius 2 is 2.03 bits per heavy atom. The highest BCUT2D eigenvalue weighted by Gasteiger charge is 2.26. The number of methoxy groups -OCH3 is 1. The molecule has 172 valence electrons. The van der Waals surface area contributed by atoms with E-state index in [1.807, 2.05) is 36.5 Å². The topological polar surface area (TPSA) is 85.4 Å². The number of halogens is 2. The number of amides is 1. The predicted molar refractivity (Wildman–Crippen MR) is 115 cm³/mol. The lowest BCUT2D eigenvalue weighted by Crippen LogP contribution is -2.26. The number of rotatable bonds is 7. The largest absolute Gasteiger partial charge is 0.497 e. The van der Waals surface area contributed by atoms with E-state index in [-0.39, 0.29) is 18.9 Å². The maximum absolute atomic E-state index is 12.5. The number of carbonyl (C=O) groups excluding carboxylic acids is 1. The van der Waals surface area contributed by atoms with Gasteiger partial charge in [-0.15, -0.1) is 0 Å². The number of ether oxygens (including phenoxy) is 1. The Hall–Kier alpha value is -2.92. The van der Waals surface area contributed by atoms with Gasteiger partial charge in [-0.1, -0.05) is 18.2 Å². The summed E-state index contributed by atoms with van der Waals surface area (Å²) in [6, 6.07) is 9.68. The van der Waals surface area contributed by atoms with Crippen molar-refractivity contribution in [2.24, 2.45) is 0 Å². The Bertz CT molecular complexity index is 1000. The third-order valence-corrected chi connectivity index (χ3v) is 5.75. The zero-order valence-corrected chi connectivity index (χ0v) is 18.6. The van der Waals surface area contributed by atoms with Gasteiger partial charge in [-0.05, 0) is 19.1 Å². The van der Waals surface area contributed by atoms with Gasteiger partial charge in [-0.3, -0.25) is 9.48 Å².